The van der Waals surface area contributed by atoms with Crippen molar-refractivity contribution in [2.45, 2.75) is 13.8 Å². The van der Waals surface area contributed by atoms with E-state index in [9.17, 15) is 4.79 Å². The van der Waals surface area contributed by atoms with Gasteiger partial charge in [-0.2, -0.15) is 0 Å². The zero-order valence-corrected chi connectivity index (χ0v) is 14.4. The molecule has 0 fully saturated rings. The van der Waals surface area contributed by atoms with E-state index < -0.39 is 0 Å². The average molecular weight is 366 g/mol. The second kappa shape index (κ2) is 6.97. The Morgan fingerprint density at radius 3 is 1.72 bits per heavy atom. The molecule has 0 spiro atoms. The summed E-state index contributed by atoms with van der Waals surface area (Å²) in [6.45, 7) is 4.07. The second-order valence-corrected chi connectivity index (χ2v) is 7.15. The predicted octanol–water partition coefficient (Wildman–Crippen LogP) is 6.43. The minimum Gasteiger partial charge on any atom is -0.289 e. The molecule has 0 amide bonds. The van der Waals surface area contributed by atoms with Crippen molar-refractivity contribution in [1.29, 1.82) is 0 Å². The summed E-state index contributed by atoms with van der Waals surface area (Å²) in [6.07, 6.45) is 0.767. The molecule has 0 saturated heterocycles. The van der Waals surface area contributed by atoms with Gasteiger partial charge in [0, 0.05) is 0 Å². The number of rotatable bonds is 4. The van der Waals surface area contributed by atoms with Crippen LogP contribution in [-0.4, -0.2) is 11.7 Å². The summed E-state index contributed by atoms with van der Waals surface area (Å²) in [5.74, 6) is 0.420. The van der Waals surface area contributed by atoms with Gasteiger partial charge in [-0.1, -0.05) is 71.9 Å². The van der Waals surface area contributed by atoms with Crippen LogP contribution in [0.3, 0.4) is 0 Å². The van der Waals surface area contributed by atoms with Crippen molar-refractivity contribution in [1.82, 2.24) is 0 Å². The summed E-state index contributed by atoms with van der Waals surface area (Å²) in [6, 6.07) is 0. The third-order valence-electron chi connectivity index (χ3n) is 2.11. The summed E-state index contributed by atoms with van der Waals surface area (Å²) < 4.78 is 0. The number of hydrogen-bond acceptors (Lipinski definition) is 1. The summed E-state index contributed by atoms with van der Waals surface area (Å²) in [4.78, 5) is 12.1. The minimum absolute atomic E-state index is 0.0606. The number of halogens is 5. The van der Waals surface area contributed by atoms with E-state index in [1.54, 1.807) is 0 Å². The monoisotopic (exact) mass is 364 g/mol. The number of benzene rings is 1. The molecular weight excluding hydrogens is 356 g/mol. The fourth-order valence-corrected chi connectivity index (χ4v) is 3.68. The molecule has 0 radical (unpaired) electrons. The van der Waals surface area contributed by atoms with Gasteiger partial charge in [-0.25, -0.2) is 0 Å². The van der Waals surface area contributed by atoms with Crippen LogP contribution in [0, 0.1) is 5.92 Å². The summed E-state index contributed by atoms with van der Waals surface area (Å²) >= 11 is 29.7. The Balaban J connectivity index is 3.21. The van der Waals surface area contributed by atoms with E-state index in [0.717, 1.165) is 6.16 Å². The van der Waals surface area contributed by atoms with Crippen LogP contribution < -0.4 is 0 Å². The molecule has 7 heteroatoms. The Labute approximate surface area is 133 Å². The Morgan fingerprint density at radius 1 is 0.944 bits per heavy atom. The summed E-state index contributed by atoms with van der Waals surface area (Å²) in [7, 11) is 0.0779. The quantitative estimate of drug-likeness (QED) is 0.341. The molecule has 1 rings (SSSR count). The molecule has 0 aliphatic heterocycles. The summed E-state index contributed by atoms with van der Waals surface area (Å²) in [5, 5.41) is 0.322. The van der Waals surface area contributed by atoms with Crippen molar-refractivity contribution < 1.29 is 4.79 Å². The van der Waals surface area contributed by atoms with Crippen LogP contribution >= 0.6 is 66.6 Å². The van der Waals surface area contributed by atoms with Crippen LogP contribution in [0.4, 0.5) is 0 Å². The van der Waals surface area contributed by atoms with Gasteiger partial charge in [-0.3, -0.25) is 4.79 Å². The second-order valence-electron chi connectivity index (χ2n) is 4.05. The normalized spacial score (nSPS) is 11.8. The van der Waals surface area contributed by atoms with Gasteiger partial charge in [0.1, 0.15) is 0 Å². The van der Waals surface area contributed by atoms with E-state index in [4.69, 9.17) is 58.0 Å². The molecule has 0 bridgehead atoms. The standard InChI is InChI=1S/C11H10Cl5OP/c1-4(2)3-18-11(17)5-6(12)8(14)10(16)9(15)7(5)13/h4,18H,3H2,1-2H3. The highest BCUT2D eigenvalue weighted by Gasteiger charge is 2.23. The molecular formula is C11H10Cl5OP. The molecule has 1 aromatic rings. The Bertz CT molecular complexity index is 458. The zero-order valence-electron chi connectivity index (χ0n) is 9.58. The highest BCUT2D eigenvalue weighted by Crippen LogP contribution is 2.45. The first-order chi connectivity index (χ1) is 8.27. The van der Waals surface area contributed by atoms with Crippen molar-refractivity contribution in [3.63, 3.8) is 0 Å². The maximum absolute atomic E-state index is 12.1. The lowest BCUT2D eigenvalue weighted by Crippen LogP contribution is -2.00. The third-order valence-corrected chi connectivity index (χ3v) is 5.98. The number of carbonyl (C=O) groups excluding carboxylic acids is 1. The van der Waals surface area contributed by atoms with E-state index in [1.807, 2.05) is 13.8 Å². The first-order valence-corrected chi connectivity index (χ1v) is 8.16. The van der Waals surface area contributed by atoms with Crippen LogP contribution in [0.1, 0.15) is 24.2 Å². The molecule has 1 unspecified atom stereocenters. The Hall–Kier alpha value is 0.770. The van der Waals surface area contributed by atoms with Gasteiger partial charge < -0.3 is 0 Å². The van der Waals surface area contributed by atoms with Crippen LogP contribution in [0.15, 0.2) is 0 Å². The van der Waals surface area contributed by atoms with Crippen molar-refractivity contribution in [3.05, 3.63) is 30.7 Å². The smallest absolute Gasteiger partial charge is 0.184 e. The van der Waals surface area contributed by atoms with Crippen LogP contribution in [0.5, 0.6) is 0 Å². The number of carbonyl (C=O) groups is 1. The lowest BCUT2D eigenvalue weighted by atomic mass is 10.2. The molecule has 1 aromatic carbocycles. The Morgan fingerprint density at radius 2 is 1.33 bits per heavy atom. The maximum Gasteiger partial charge on any atom is 0.184 e. The molecule has 0 saturated carbocycles. The maximum atomic E-state index is 12.1. The average Bonchev–Trinajstić information content (AvgIpc) is 2.31. The van der Waals surface area contributed by atoms with E-state index in [2.05, 4.69) is 0 Å². The first kappa shape index (κ1) is 16.8. The Kier molecular flexibility index (Phi) is 6.52. The molecule has 1 atom stereocenters. The number of hydrogen-bond donors (Lipinski definition) is 0. The molecule has 0 aliphatic carbocycles. The van der Waals surface area contributed by atoms with Crippen molar-refractivity contribution in [3.8, 4) is 0 Å². The molecule has 0 heterocycles. The zero-order chi connectivity index (χ0) is 14.0. The van der Waals surface area contributed by atoms with Gasteiger partial charge in [-0.05, 0) is 20.7 Å². The van der Waals surface area contributed by atoms with Crippen LogP contribution in [0.2, 0.25) is 25.1 Å². The van der Waals surface area contributed by atoms with Gasteiger partial charge in [0.15, 0.2) is 5.52 Å². The largest absolute Gasteiger partial charge is 0.289 e. The molecule has 0 aromatic heterocycles. The van der Waals surface area contributed by atoms with E-state index in [-0.39, 0.29) is 44.8 Å². The highest BCUT2D eigenvalue weighted by atomic mass is 35.5. The lowest BCUT2D eigenvalue weighted by molar-refractivity contribution is 0.108. The molecule has 0 aliphatic rings. The summed E-state index contributed by atoms with van der Waals surface area (Å²) in [5.41, 5.74) is 0.0101. The molecule has 1 nitrogen and oxygen atoms in total. The third kappa shape index (κ3) is 3.66. The van der Waals surface area contributed by atoms with Crippen molar-refractivity contribution >= 4 is 72.1 Å². The molecule has 18 heavy (non-hydrogen) atoms. The van der Waals surface area contributed by atoms with Gasteiger partial charge >= 0.3 is 0 Å². The molecule has 0 N–H and O–H groups in total. The van der Waals surface area contributed by atoms with E-state index in [0.29, 0.717) is 5.92 Å². The van der Waals surface area contributed by atoms with Crippen molar-refractivity contribution in [2.75, 3.05) is 6.16 Å². The van der Waals surface area contributed by atoms with Gasteiger partial charge in [0.25, 0.3) is 0 Å². The van der Waals surface area contributed by atoms with Crippen molar-refractivity contribution in [2.24, 2.45) is 5.92 Å². The first-order valence-electron chi connectivity index (χ1n) is 5.07. The predicted molar refractivity (Wildman–Crippen MR) is 83.8 cm³/mol. The molecule has 100 valence electrons. The van der Waals surface area contributed by atoms with Gasteiger partial charge in [0.2, 0.25) is 0 Å². The van der Waals surface area contributed by atoms with Gasteiger partial charge in [0.05, 0.1) is 30.7 Å². The minimum atomic E-state index is -0.154. The fraction of sp³-hybridized carbons (Fsp3) is 0.364. The van der Waals surface area contributed by atoms with E-state index >= 15 is 0 Å². The van der Waals surface area contributed by atoms with Crippen LogP contribution in [0.25, 0.3) is 0 Å². The van der Waals surface area contributed by atoms with E-state index in [1.165, 1.54) is 0 Å². The fourth-order valence-electron chi connectivity index (χ4n) is 1.19. The highest BCUT2D eigenvalue weighted by molar-refractivity contribution is 7.58. The van der Waals surface area contributed by atoms with Gasteiger partial charge in [-0.15, -0.1) is 0 Å². The SMILES string of the molecule is CC(C)CPC(=O)c1c(Cl)c(Cl)c(Cl)c(Cl)c1Cl. The van der Waals surface area contributed by atoms with Crippen LogP contribution in [-0.2, 0) is 0 Å². The topological polar surface area (TPSA) is 17.1 Å². The lowest BCUT2D eigenvalue weighted by Gasteiger charge is -2.12.